The van der Waals surface area contributed by atoms with Crippen molar-refractivity contribution < 1.29 is 9.72 Å². The number of hydrogen-bond donors (Lipinski definition) is 2. The van der Waals surface area contributed by atoms with Gasteiger partial charge in [-0.25, -0.2) is 0 Å². The van der Waals surface area contributed by atoms with Gasteiger partial charge in [0.15, 0.2) is 0 Å². The molecule has 2 aromatic rings. The van der Waals surface area contributed by atoms with E-state index >= 15 is 0 Å². The molecule has 0 saturated carbocycles. The molecule has 0 saturated heterocycles. The van der Waals surface area contributed by atoms with Gasteiger partial charge >= 0.3 is 5.69 Å². The molecule has 0 aliphatic carbocycles. The standard InChI is InChI=1S/C9H9ClN6O3/c10-6-3-13-15(5-6)2-1-11-9(17)8-7(16(18)19)4-12-14-8/h3-5H,1-2H2,(H,11,17)(H,12,14). The zero-order valence-corrected chi connectivity index (χ0v) is 10.3. The SMILES string of the molecule is O=C(NCCn1cc(Cl)cn1)c1[nH]ncc1[N+](=O)[O-]. The van der Waals surface area contributed by atoms with E-state index in [9.17, 15) is 14.9 Å². The minimum absolute atomic E-state index is 0.177. The van der Waals surface area contributed by atoms with Crippen LogP contribution in [0.2, 0.25) is 5.02 Å². The van der Waals surface area contributed by atoms with Gasteiger partial charge in [-0.05, 0) is 0 Å². The first-order valence-electron chi connectivity index (χ1n) is 5.22. The number of nitro groups is 1. The fraction of sp³-hybridized carbons (Fsp3) is 0.222. The summed E-state index contributed by atoms with van der Waals surface area (Å²) >= 11 is 5.68. The fourth-order valence-electron chi connectivity index (χ4n) is 1.42. The molecular formula is C9H9ClN6O3. The molecule has 0 unspecified atom stereocenters. The molecule has 2 heterocycles. The predicted octanol–water partition coefficient (Wildman–Crippen LogP) is 0.598. The third kappa shape index (κ3) is 3.07. The van der Waals surface area contributed by atoms with Crippen molar-refractivity contribution in [1.29, 1.82) is 0 Å². The fourth-order valence-corrected chi connectivity index (χ4v) is 1.57. The Kier molecular flexibility index (Phi) is 3.76. The van der Waals surface area contributed by atoms with Crippen LogP contribution in [0.25, 0.3) is 0 Å². The lowest BCUT2D eigenvalue weighted by Crippen LogP contribution is -2.28. The van der Waals surface area contributed by atoms with E-state index < -0.39 is 10.8 Å². The number of carbonyl (C=O) groups is 1. The Morgan fingerprint density at radius 1 is 1.58 bits per heavy atom. The van der Waals surface area contributed by atoms with Gasteiger partial charge < -0.3 is 5.32 Å². The summed E-state index contributed by atoms with van der Waals surface area (Å²) in [6.07, 6.45) is 4.07. The van der Waals surface area contributed by atoms with Crippen LogP contribution in [0, 0.1) is 10.1 Å². The predicted molar refractivity (Wildman–Crippen MR) is 64.8 cm³/mol. The summed E-state index contributed by atoms with van der Waals surface area (Å²) < 4.78 is 1.55. The van der Waals surface area contributed by atoms with E-state index in [1.54, 1.807) is 10.9 Å². The number of nitrogens with zero attached hydrogens (tertiary/aromatic N) is 4. The highest BCUT2D eigenvalue weighted by atomic mass is 35.5. The zero-order chi connectivity index (χ0) is 13.8. The largest absolute Gasteiger partial charge is 0.349 e. The molecule has 2 N–H and O–H groups in total. The van der Waals surface area contributed by atoms with Gasteiger partial charge in [0.1, 0.15) is 6.20 Å². The molecule has 2 rings (SSSR count). The molecule has 0 fully saturated rings. The third-order valence-corrected chi connectivity index (χ3v) is 2.47. The molecule has 0 radical (unpaired) electrons. The third-order valence-electron chi connectivity index (χ3n) is 2.27. The molecule has 0 aliphatic rings. The summed E-state index contributed by atoms with van der Waals surface area (Å²) in [4.78, 5) is 21.6. The van der Waals surface area contributed by atoms with Crippen LogP contribution in [-0.4, -0.2) is 37.4 Å². The minimum atomic E-state index is -0.675. The highest BCUT2D eigenvalue weighted by Gasteiger charge is 2.22. The Hall–Kier alpha value is -2.42. The van der Waals surface area contributed by atoms with Crippen LogP contribution in [0.5, 0.6) is 0 Å². The second-order valence-corrected chi connectivity index (χ2v) is 4.00. The van der Waals surface area contributed by atoms with Crippen LogP contribution < -0.4 is 5.32 Å². The van der Waals surface area contributed by atoms with Crippen LogP contribution in [-0.2, 0) is 6.54 Å². The first-order valence-corrected chi connectivity index (χ1v) is 5.59. The maximum Gasteiger partial charge on any atom is 0.319 e. The maximum atomic E-state index is 11.7. The van der Waals surface area contributed by atoms with Crippen LogP contribution in [0.1, 0.15) is 10.5 Å². The van der Waals surface area contributed by atoms with Gasteiger partial charge in [-0.15, -0.1) is 0 Å². The van der Waals surface area contributed by atoms with Crippen LogP contribution in [0.15, 0.2) is 18.6 Å². The second kappa shape index (κ2) is 5.48. The number of rotatable bonds is 5. The maximum absolute atomic E-state index is 11.7. The smallest absolute Gasteiger partial charge is 0.319 e. The van der Waals surface area contributed by atoms with Crippen molar-refractivity contribution >= 4 is 23.2 Å². The molecule has 0 aliphatic heterocycles. The Morgan fingerprint density at radius 3 is 3.00 bits per heavy atom. The van der Waals surface area contributed by atoms with Gasteiger partial charge in [-0.3, -0.25) is 24.7 Å². The number of H-pyrrole nitrogens is 1. The van der Waals surface area contributed by atoms with E-state index in [-0.39, 0.29) is 17.9 Å². The number of hydrogen-bond acceptors (Lipinski definition) is 5. The summed E-state index contributed by atoms with van der Waals surface area (Å²) in [6.45, 7) is 0.660. The molecule has 9 nitrogen and oxygen atoms in total. The minimum Gasteiger partial charge on any atom is -0.349 e. The zero-order valence-electron chi connectivity index (χ0n) is 9.54. The summed E-state index contributed by atoms with van der Waals surface area (Å²) in [7, 11) is 0. The van der Waals surface area contributed by atoms with Gasteiger partial charge in [-0.2, -0.15) is 10.2 Å². The average Bonchev–Trinajstić information content (AvgIpc) is 2.97. The average molecular weight is 285 g/mol. The van der Waals surface area contributed by atoms with Gasteiger partial charge in [-0.1, -0.05) is 11.6 Å². The summed E-state index contributed by atoms with van der Waals surface area (Å²) in [5, 5.41) is 23.3. The van der Waals surface area contributed by atoms with Crippen molar-refractivity contribution in [1.82, 2.24) is 25.3 Å². The molecule has 0 atom stereocenters. The highest BCUT2D eigenvalue weighted by molar-refractivity contribution is 6.30. The number of aromatic amines is 1. The van der Waals surface area contributed by atoms with Crippen LogP contribution in [0.4, 0.5) is 5.69 Å². The summed E-state index contributed by atoms with van der Waals surface area (Å²) in [5.74, 6) is -0.595. The van der Waals surface area contributed by atoms with Gasteiger partial charge in [0.05, 0.1) is 22.7 Å². The molecule has 0 spiro atoms. The van der Waals surface area contributed by atoms with E-state index in [1.807, 2.05) is 0 Å². The lowest BCUT2D eigenvalue weighted by atomic mass is 10.3. The first-order chi connectivity index (χ1) is 9.08. The lowest BCUT2D eigenvalue weighted by Gasteiger charge is -2.03. The quantitative estimate of drug-likeness (QED) is 0.615. The highest BCUT2D eigenvalue weighted by Crippen LogP contribution is 2.13. The van der Waals surface area contributed by atoms with Gasteiger partial charge in [0.2, 0.25) is 5.69 Å². The number of carbonyl (C=O) groups excluding carboxylic acids is 1. The van der Waals surface area contributed by atoms with Crippen molar-refractivity contribution in [3.05, 3.63) is 39.4 Å². The molecule has 2 aromatic heterocycles. The van der Waals surface area contributed by atoms with E-state index in [0.717, 1.165) is 6.20 Å². The van der Waals surface area contributed by atoms with Crippen LogP contribution in [0.3, 0.4) is 0 Å². The van der Waals surface area contributed by atoms with Crippen molar-refractivity contribution in [3.8, 4) is 0 Å². The van der Waals surface area contributed by atoms with Gasteiger partial charge in [0.25, 0.3) is 5.91 Å². The van der Waals surface area contributed by atoms with Crippen molar-refractivity contribution in [2.24, 2.45) is 0 Å². The molecule has 100 valence electrons. The van der Waals surface area contributed by atoms with Gasteiger partial charge in [0, 0.05) is 12.7 Å². The van der Waals surface area contributed by atoms with E-state index in [2.05, 4.69) is 20.6 Å². The molecule has 0 bridgehead atoms. The summed E-state index contributed by atoms with van der Waals surface area (Å²) in [5.41, 5.74) is -0.539. The summed E-state index contributed by atoms with van der Waals surface area (Å²) in [6, 6.07) is 0. The Bertz CT molecular complexity index is 607. The Balaban J connectivity index is 1.91. The number of aromatic nitrogens is 4. The molecule has 0 aromatic carbocycles. The van der Waals surface area contributed by atoms with E-state index in [4.69, 9.17) is 11.6 Å². The van der Waals surface area contributed by atoms with Crippen molar-refractivity contribution in [3.63, 3.8) is 0 Å². The number of amides is 1. The Morgan fingerprint density at radius 2 is 2.37 bits per heavy atom. The van der Waals surface area contributed by atoms with E-state index in [0.29, 0.717) is 11.6 Å². The Labute approximate surface area is 111 Å². The monoisotopic (exact) mass is 284 g/mol. The molecule has 19 heavy (non-hydrogen) atoms. The lowest BCUT2D eigenvalue weighted by molar-refractivity contribution is -0.385. The van der Waals surface area contributed by atoms with E-state index in [1.165, 1.54) is 6.20 Å². The molecule has 10 heteroatoms. The number of nitrogens with one attached hydrogen (secondary N) is 2. The second-order valence-electron chi connectivity index (χ2n) is 3.56. The first kappa shape index (κ1) is 13.0. The number of halogens is 1. The normalized spacial score (nSPS) is 10.4. The van der Waals surface area contributed by atoms with Crippen molar-refractivity contribution in [2.45, 2.75) is 6.54 Å². The topological polar surface area (TPSA) is 119 Å². The van der Waals surface area contributed by atoms with Crippen molar-refractivity contribution in [2.75, 3.05) is 6.54 Å². The van der Waals surface area contributed by atoms with Crippen LogP contribution >= 0.6 is 11.6 Å². The molecular weight excluding hydrogens is 276 g/mol. The molecule has 1 amide bonds.